The second-order valence-electron chi connectivity index (χ2n) is 3.34. The SMILES string of the molecule is FC(F)(F)c1ccccc1Oc1c[c]ccc1. The van der Waals surface area contributed by atoms with E-state index in [-0.39, 0.29) is 5.75 Å². The normalized spacial score (nSPS) is 11.2. The Morgan fingerprint density at radius 1 is 1.00 bits per heavy atom. The standard InChI is InChI=1S/C13H8F3O/c14-13(15,16)11-8-4-5-9-12(11)17-10-6-2-1-3-7-10/h1-2,4-9H. The molecule has 0 N–H and O–H groups in total. The van der Waals surface area contributed by atoms with Crippen LogP contribution in [0.4, 0.5) is 13.2 Å². The van der Waals surface area contributed by atoms with Gasteiger partial charge in [0.2, 0.25) is 0 Å². The van der Waals surface area contributed by atoms with Gasteiger partial charge in [0.1, 0.15) is 11.5 Å². The molecule has 0 aliphatic rings. The van der Waals surface area contributed by atoms with Crippen molar-refractivity contribution in [2.24, 2.45) is 0 Å². The highest BCUT2D eigenvalue weighted by Gasteiger charge is 2.34. The second kappa shape index (κ2) is 4.49. The van der Waals surface area contributed by atoms with E-state index in [0.29, 0.717) is 5.75 Å². The Kier molecular flexibility index (Phi) is 3.04. The molecule has 1 nitrogen and oxygen atoms in total. The van der Waals surface area contributed by atoms with Crippen molar-refractivity contribution in [3.8, 4) is 11.5 Å². The van der Waals surface area contributed by atoms with Gasteiger partial charge >= 0.3 is 6.18 Å². The van der Waals surface area contributed by atoms with Crippen LogP contribution in [0.3, 0.4) is 0 Å². The second-order valence-corrected chi connectivity index (χ2v) is 3.34. The van der Waals surface area contributed by atoms with Crippen molar-refractivity contribution in [1.82, 2.24) is 0 Å². The fraction of sp³-hybridized carbons (Fsp3) is 0.0769. The summed E-state index contributed by atoms with van der Waals surface area (Å²) in [5, 5.41) is 0. The first-order chi connectivity index (χ1) is 8.07. The van der Waals surface area contributed by atoms with Crippen molar-refractivity contribution in [3.63, 3.8) is 0 Å². The number of alkyl halides is 3. The smallest absolute Gasteiger partial charge is 0.419 e. The Morgan fingerprint density at radius 3 is 2.41 bits per heavy atom. The number of rotatable bonds is 2. The predicted molar refractivity (Wildman–Crippen MR) is 56.8 cm³/mol. The third kappa shape index (κ3) is 2.78. The molecule has 1 radical (unpaired) electrons. The van der Waals surface area contributed by atoms with Crippen LogP contribution in [0.25, 0.3) is 0 Å². The molecule has 0 heterocycles. The van der Waals surface area contributed by atoms with Gasteiger partial charge in [-0.2, -0.15) is 13.2 Å². The Hall–Kier alpha value is -1.97. The van der Waals surface area contributed by atoms with E-state index in [0.717, 1.165) is 6.07 Å². The highest BCUT2D eigenvalue weighted by atomic mass is 19.4. The fourth-order valence-corrected chi connectivity index (χ4v) is 1.36. The van der Waals surface area contributed by atoms with Crippen molar-refractivity contribution in [2.45, 2.75) is 6.18 Å². The number of benzene rings is 2. The average molecular weight is 237 g/mol. The minimum atomic E-state index is -4.42. The number of hydrogen-bond donors (Lipinski definition) is 0. The Balaban J connectivity index is 2.34. The van der Waals surface area contributed by atoms with Crippen LogP contribution in [0.2, 0.25) is 0 Å². The number of hydrogen-bond acceptors (Lipinski definition) is 1. The molecule has 0 fully saturated rings. The molecule has 0 aliphatic heterocycles. The van der Waals surface area contributed by atoms with Gasteiger partial charge in [0.15, 0.2) is 0 Å². The molecule has 17 heavy (non-hydrogen) atoms. The van der Waals surface area contributed by atoms with Crippen LogP contribution in [0.1, 0.15) is 5.56 Å². The lowest BCUT2D eigenvalue weighted by Gasteiger charge is -2.13. The molecule has 2 rings (SSSR count). The summed E-state index contributed by atoms with van der Waals surface area (Å²) in [5.74, 6) is 0.115. The van der Waals surface area contributed by atoms with Gasteiger partial charge in [-0.05, 0) is 30.3 Å². The zero-order valence-corrected chi connectivity index (χ0v) is 8.66. The van der Waals surface area contributed by atoms with Crippen molar-refractivity contribution < 1.29 is 17.9 Å². The summed E-state index contributed by atoms with van der Waals surface area (Å²) in [4.78, 5) is 0. The lowest BCUT2D eigenvalue weighted by atomic mass is 10.2. The molecule has 87 valence electrons. The highest BCUT2D eigenvalue weighted by molar-refractivity contribution is 5.39. The van der Waals surface area contributed by atoms with Gasteiger partial charge < -0.3 is 4.74 Å². The Morgan fingerprint density at radius 2 is 1.76 bits per heavy atom. The number of halogens is 3. The van der Waals surface area contributed by atoms with Crippen LogP contribution in [0.5, 0.6) is 11.5 Å². The Bertz CT molecular complexity index is 492. The predicted octanol–water partition coefficient (Wildman–Crippen LogP) is 4.30. The minimum absolute atomic E-state index is 0.209. The van der Waals surface area contributed by atoms with Crippen molar-refractivity contribution in [2.75, 3.05) is 0 Å². The molecule has 2 aromatic rings. The molecule has 4 heteroatoms. The van der Waals surface area contributed by atoms with E-state index in [2.05, 4.69) is 6.07 Å². The first-order valence-corrected chi connectivity index (χ1v) is 4.87. The molecule has 2 aromatic carbocycles. The van der Waals surface area contributed by atoms with Crippen LogP contribution >= 0.6 is 0 Å². The van der Waals surface area contributed by atoms with Crippen LogP contribution in [-0.4, -0.2) is 0 Å². The topological polar surface area (TPSA) is 9.23 Å². The molecule has 0 saturated heterocycles. The highest BCUT2D eigenvalue weighted by Crippen LogP contribution is 2.37. The van der Waals surface area contributed by atoms with Crippen LogP contribution in [-0.2, 0) is 6.18 Å². The van der Waals surface area contributed by atoms with Gasteiger partial charge in [-0.25, -0.2) is 0 Å². The largest absolute Gasteiger partial charge is 0.457 e. The summed E-state index contributed by atoms with van der Waals surface area (Å²) in [6.45, 7) is 0. The lowest BCUT2D eigenvalue weighted by Crippen LogP contribution is -2.06. The molecular weight excluding hydrogens is 229 g/mol. The van der Waals surface area contributed by atoms with Crippen molar-refractivity contribution in [3.05, 3.63) is 60.2 Å². The molecule has 0 atom stereocenters. The maximum absolute atomic E-state index is 12.7. The summed E-state index contributed by atoms with van der Waals surface area (Å²) in [6.07, 6.45) is -4.42. The minimum Gasteiger partial charge on any atom is -0.457 e. The quantitative estimate of drug-likeness (QED) is 0.756. The summed E-state index contributed by atoms with van der Waals surface area (Å²) < 4.78 is 43.2. The van der Waals surface area contributed by atoms with Crippen molar-refractivity contribution >= 4 is 0 Å². The molecular formula is C13H8F3O. The van der Waals surface area contributed by atoms with Crippen LogP contribution in [0.15, 0.2) is 48.5 Å². The summed E-state index contributed by atoms with van der Waals surface area (Å²) >= 11 is 0. The zero-order valence-electron chi connectivity index (χ0n) is 8.66. The van der Waals surface area contributed by atoms with Crippen LogP contribution < -0.4 is 4.74 Å². The maximum Gasteiger partial charge on any atom is 0.419 e. The molecule has 0 aliphatic carbocycles. The van der Waals surface area contributed by atoms with E-state index in [4.69, 9.17) is 4.74 Å². The van der Waals surface area contributed by atoms with Gasteiger partial charge in [0.25, 0.3) is 0 Å². The fourth-order valence-electron chi connectivity index (χ4n) is 1.36. The summed E-state index contributed by atoms with van der Waals surface area (Å²) in [5.41, 5.74) is -0.788. The monoisotopic (exact) mass is 237 g/mol. The van der Waals surface area contributed by atoms with Gasteiger partial charge in [-0.15, -0.1) is 0 Å². The van der Waals surface area contributed by atoms with Gasteiger partial charge in [-0.3, -0.25) is 0 Å². The third-order valence-electron chi connectivity index (χ3n) is 2.10. The van der Waals surface area contributed by atoms with E-state index in [1.807, 2.05) is 0 Å². The van der Waals surface area contributed by atoms with E-state index in [9.17, 15) is 13.2 Å². The first-order valence-electron chi connectivity index (χ1n) is 4.87. The molecule has 0 aromatic heterocycles. The lowest BCUT2D eigenvalue weighted by molar-refractivity contribution is -0.138. The molecule has 0 spiro atoms. The van der Waals surface area contributed by atoms with E-state index in [1.54, 1.807) is 18.2 Å². The molecule has 0 bridgehead atoms. The number of para-hydroxylation sites is 1. The van der Waals surface area contributed by atoms with Crippen molar-refractivity contribution in [1.29, 1.82) is 0 Å². The summed E-state index contributed by atoms with van der Waals surface area (Å²) in [7, 11) is 0. The van der Waals surface area contributed by atoms with Gasteiger partial charge in [0, 0.05) is 0 Å². The van der Waals surface area contributed by atoms with Gasteiger partial charge in [-0.1, -0.05) is 24.3 Å². The Labute approximate surface area is 96.5 Å². The molecule has 0 saturated carbocycles. The van der Waals surface area contributed by atoms with E-state index >= 15 is 0 Å². The first kappa shape index (κ1) is 11.5. The molecule has 0 amide bonds. The zero-order chi connectivity index (χ0) is 12.3. The van der Waals surface area contributed by atoms with Crippen LogP contribution in [0, 0.1) is 6.07 Å². The van der Waals surface area contributed by atoms with E-state index in [1.165, 1.54) is 24.3 Å². The number of ether oxygens (including phenoxy) is 1. The summed E-state index contributed by atoms with van der Waals surface area (Å²) in [6, 6.07) is 14.2. The van der Waals surface area contributed by atoms with E-state index < -0.39 is 11.7 Å². The maximum atomic E-state index is 12.7. The van der Waals surface area contributed by atoms with Gasteiger partial charge in [0.05, 0.1) is 5.56 Å². The average Bonchev–Trinajstić information content (AvgIpc) is 2.30. The molecule has 0 unspecified atom stereocenters. The third-order valence-corrected chi connectivity index (χ3v) is 2.10.